The van der Waals surface area contributed by atoms with E-state index in [1.54, 1.807) is 0 Å². The molecular weight excluding hydrogens is 172 g/mol. The van der Waals surface area contributed by atoms with Crippen molar-refractivity contribution in [1.29, 1.82) is 0 Å². The Bertz CT molecular complexity index is 441. The van der Waals surface area contributed by atoms with Gasteiger partial charge in [-0.15, -0.1) is 0 Å². The van der Waals surface area contributed by atoms with Crippen molar-refractivity contribution in [2.24, 2.45) is 0 Å². The maximum atomic E-state index is 4.45. The highest BCUT2D eigenvalue weighted by Gasteiger charge is 2.07. The molecular formula is C12H14N2. The monoisotopic (exact) mass is 186 g/mol. The van der Waals surface area contributed by atoms with Gasteiger partial charge in [-0.1, -0.05) is 18.2 Å². The molecule has 0 radical (unpaired) electrons. The molecule has 1 aromatic heterocycles. The van der Waals surface area contributed by atoms with Crippen LogP contribution in [0.2, 0.25) is 0 Å². The largest absolute Gasteiger partial charge is 0.301 e. The Morgan fingerprint density at radius 2 is 1.64 bits per heavy atom. The molecule has 0 amide bonds. The molecule has 0 N–H and O–H groups in total. The van der Waals surface area contributed by atoms with Crippen LogP contribution in [-0.4, -0.2) is 9.55 Å². The molecule has 0 aliphatic carbocycles. The van der Waals surface area contributed by atoms with Gasteiger partial charge in [-0.25, -0.2) is 4.98 Å². The summed E-state index contributed by atoms with van der Waals surface area (Å²) in [5.74, 6) is 1.05. The maximum Gasteiger partial charge on any atom is 0.110 e. The molecule has 14 heavy (non-hydrogen) atoms. The van der Waals surface area contributed by atoms with E-state index < -0.39 is 0 Å². The first kappa shape index (κ1) is 9.00. The molecule has 0 saturated heterocycles. The number of nitrogens with zero attached hydrogens (tertiary/aromatic N) is 2. The zero-order valence-corrected chi connectivity index (χ0v) is 8.78. The fourth-order valence-corrected chi connectivity index (χ4v) is 1.74. The second-order valence-corrected chi connectivity index (χ2v) is 3.50. The van der Waals surface area contributed by atoms with Crippen LogP contribution in [-0.2, 0) is 0 Å². The van der Waals surface area contributed by atoms with Crippen LogP contribution in [0.25, 0.3) is 5.69 Å². The van der Waals surface area contributed by atoms with Crippen LogP contribution in [0.4, 0.5) is 0 Å². The quantitative estimate of drug-likeness (QED) is 0.669. The number of benzene rings is 1. The van der Waals surface area contributed by atoms with Crippen LogP contribution >= 0.6 is 0 Å². The minimum atomic E-state index is 1.05. The zero-order valence-electron chi connectivity index (χ0n) is 8.78. The van der Waals surface area contributed by atoms with Crippen molar-refractivity contribution in [3.63, 3.8) is 0 Å². The summed E-state index contributed by atoms with van der Waals surface area (Å²) < 4.78 is 2.18. The average molecular weight is 186 g/mol. The summed E-state index contributed by atoms with van der Waals surface area (Å²) in [6.45, 7) is 6.18. The Balaban J connectivity index is 2.62. The van der Waals surface area contributed by atoms with Gasteiger partial charge in [-0.05, 0) is 32.9 Å². The topological polar surface area (TPSA) is 17.8 Å². The van der Waals surface area contributed by atoms with E-state index in [1.807, 2.05) is 32.0 Å². The predicted molar refractivity (Wildman–Crippen MR) is 57.8 cm³/mol. The third-order valence-electron chi connectivity index (χ3n) is 2.53. The normalized spacial score (nSPS) is 10.5. The Hall–Kier alpha value is -1.57. The summed E-state index contributed by atoms with van der Waals surface area (Å²) in [7, 11) is 0. The van der Waals surface area contributed by atoms with Crippen molar-refractivity contribution in [1.82, 2.24) is 9.55 Å². The number of hydrogen-bond acceptors (Lipinski definition) is 1. The van der Waals surface area contributed by atoms with Gasteiger partial charge >= 0.3 is 0 Å². The lowest BCUT2D eigenvalue weighted by atomic mass is 10.3. The number of imidazole rings is 1. The van der Waals surface area contributed by atoms with E-state index in [4.69, 9.17) is 0 Å². The van der Waals surface area contributed by atoms with Gasteiger partial charge in [0.15, 0.2) is 0 Å². The van der Waals surface area contributed by atoms with E-state index in [0.29, 0.717) is 0 Å². The Morgan fingerprint density at radius 1 is 1.00 bits per heavy atom. The smallest absolute Gasteiger partial charge is 0.110 e. The fourth-order valence-electron chi connectivity index (χ4n) is 1.74. The zero-order chi connectivity index (χ0) is 10.1. The molecule has 1 heterocycles. The van der Waals surface area contributed by atoms with Gasteiger partial charge in [0.25, 0.3) is 0 Å². The van der Waals surface area contributed by atoms with Crippen LogP contribution in [0.15, 0.2) is 30.3 Å². The number of hydrogen-bond donors (Lipinski definition) is 0. The number of para-hydroxylation sites is 1. The molecule has 0 fully saturated rings. The van der Waals surface area contributed by atoms with E-state index in [0.717, 1.165) is 11.5 Å². The van der Waals surface area contributed by atoms with E-state index in [-0.39, 0.29) is 0 Å². The number of aryl methyl sites for hydroxylation is 2. The molecule has 1 aromatic carbocycles. The van der Waals surface area contributed by atoms with Gasteiger partial charge in [0, 0.05) is 11.4 Å². The van der Waals surface area contributed by atoms with Crippen molar-refractivity contribution in [2.45, 2.75) is 20.8 Å². The molecule has 0 unspecified atom stereocenters. The fraction of sp³-hybridized carbons (Fsp3) is 0.250. The molecule has 0 bridgehead atoms. The highest BCUT2D eigenvalue weighted by atomic mass is 15.1. The molecule has 0 aliphatic rings. The number of rotatable bonds is 1. The summed E-state index contributed by atoms with van der Waals surface area (Å²) in [6.07, 6.45) is 0. The van der Waals surface area contributed by atoms with Crippen molar-refractivity contribution in [2.75, 3.05) is 0 Å². The second-order valence-electron chi connectivity index (χ2n) is 3.50. The summed E-state index contributed by atoms with van der Waals surface area (Å²) in [5, 5.41) is 0. The number of aromatic nitrogens is 2. The Morgan fingerprint density at radius 3 is 2.14 bits per heavy atom. The molecule has 2 nitrogen and oxygen atoms in total. The molecule has 0 atom stereocenters. The first-order chi connectivity index (χ1) is 6.70. The minimum Gasteiger partial charge on any atom is -0.301 e. The predicted octanol–water partition coefficient (Wildman–Crippen LogP) is 2.80. The van der Waals surface area contributed by atoms with Crippen LogP contribution in [0.5, 0.6) is 0 Å². The highest BCUT2D eigenvalue weighted by Crippen LogP contribution is 2.16. The van der Waals surface area contributed by atoms with Crippen LogP contribution in [0.1, 0.15) is 17.2 Å². The molecule has 2 aromatic rings. The second kappa shape index (κ2) is 3.29. The summed E-state index contributed by atoms with van der Waals surface area (Å²) in [6, 6.07) is 10.3. The van der Waals surface area contributed by atoms with Crippen LogP contribution in [0.3, 0.4) is 0 Å². The third-order valence-corrected chi connectivity index (χ3v) is 2.53. The molecule has 2 heteroatoms. The third kappa shape index (κ3) is 1.33. The summed E-state index contributed by atoms with van der Waals surface area (Å²) in [4.78, 5) is 4.45. The van der Waals surface area contributed by atoms with Gasteiger partial charge in [-0.3, -0.25) is 0 Å². The maximum absolute atomic E-state index is 4.45. The Kier molecular flexibility index (Phi) is 2.12. The molecule has 72 valence electrons. The molecule has 0 saturated carbocycles. The first-order valence-electron chi connectivity index (χ1n) is 4.78. The summed E-state index contributed by atoms with van der Waals surface area (Å²) >= 11 is 0. The van der Waals surface area contributed by atoms with Crippen molar-refractivity contribution >= 4 is 0 Å². The van der Waals surface area contributed by atoms with Gasteiger partial charge in [0.05, 0.1) is 5.69 Å². The van der Waals surface area contributed by atoms with Gasteiger partial charge in [0.2, 0.25) is 0 Å². The van der Waals surface area contributed by atoms with Crippen molar-refractivity contribution < 1.29 is 0 Å². The molecule has 0 spiro atoms. The lowest BCUT2D eigenvalue weighted by Gasteiger charge is -2.06. The van der Waals surface area contributed by atoms with E-state index in [9.17, 15) is 0 Å². The lowest BCUT2D eigenvalue weighted by Crippen LogP contribution is -1.98. The minimum absolute atomic E-state index is 1.05. The molecule has 2 rings (SSSR count). The van der Waals surface area contributed by atoms with Crippen molar-refractivity contribution in [3.05, 3.63) is 47.5 Å². The van der Waals surface area contributed by atoms with Gasteiger partial charge < -0.3 is 4.57 Å². The van der Waals surface area contributed by atoms with E-state index in [1.165, 1.54) is 11.4 Å². The first-order valence-corrected chi connectivity index (χ1v) is 4.78. The summed E-state index contributed by atoms with van der Waals surface area (Å²) in [5.41, 5.74) is 3.50. The van der Waals surface area contributed by atoms with Crippen LogP contribution < -0.4 is 0 Å². The van der Waals surface area contributed by atoms with Gasteiger partial charge in [0.1, 0.15) is 5.82 Å². The SMILES string of the molecule is Cc1nc(C)n(-c2ccccc2)c1C. The van der Waals surface area contributed by atoms with Gasteiger partial charge in [-0.2, -0.15) is 0 Å². The molecule has 0 aliphatic heterocycles. The lowest BCUT2D eigenvalue weighted by molar-refractivity contribution is 0.940. The van der Waals surface area contributed by atoms with Crippen LogP contribution in [0, 0.1) is 20.8 Å². The van der Waals surface area contributed by atoms with E-state index >= 15 is 0 Å². The van der Waals surface area contributed by atoms with Crippen molar-refractivity contribution in [3.8, 4) is 5.69 Å². The Labute approximate surface area is 84.2 Å². The average Bonchev–Trinajstić information content (AvgIpc) is 2.43. The highest BCUT2D eigenvalue weighted by molar-refractivity contribution is 5.36. The standard InChI is InChI=1S/C12H14N2/c1-9-10(2)14(11(3)13-9)12-7-5-4-6-8-12/h4-8H,1-3H3. The van der Waals surface area contributed by atoms with E-state index in [2.05, 4.69) is 28.6 Å².